The number of imidazole rings is 1. The second kappa shape index (κ2) is 7.24. The zero-order chi connectivity index (χ0) is 14.5. The second-order valence-electron chi connectivity index (χ2n) is 4.40. The maximum atomic E-state index is 5.58. The molecule has 2 rings (SSSR count). The van der Waals surface area contributed by atoms with Gasteiger partial charge in [-0.3, -0.25) is 0 Å². The number of H-pyrrole nitrogens is 1. The number of nitrogens with one attached hydrogen (secondary N) is 2. The predicted octanol–water partition coefficient (Wildman–Crippen LogP) is 4.18. The maximum Gasteiger partial charge on any atom is 0.147 e. The van der Waals surface area contributed by atoms with E-state index in [4.69, 9.17) is 4.74 Å². The monoisotopic (exact) mass is 401 g/mol. The van der Waals surface area contributed by atoms with E-state index in [1.165, 1.54) is 5.56 Å². The molecule has 4 nitrogen and oxygen atoms in total. The summed E-state index contributed by atoms with van der Waals surface area (Å²) in [7, 11) is 0. The number of halogens is 2. The molecule has 0 aliphatic carbocycles. The molecule has 1 aromatic heterocycles. The van der Waals surface area contributed by atoms with Gasteiger partial charge < -0.3 is 15.0 Å². The molecule has 1 unspecified atom stereocenters. The Balaban J connectivity index is 2.03. The molecule has 0 aliphatic heterocycles. The molecule has 0 saturated heterocycles. The van der Waals surface area contributed by atoms with Gasteiger partial charge in [-0.25, -0.2) is 4.98 Å². The van der Waals surface area contributed by atoms with Crippen LogP contribution in [0.3, 0.4) is 0 Å². The minimum Gasteiger partial charge on any atom is -0.492 e. The van der Waals surface area contributed by atoms with Crippen molar-refractivity contribution in [2.75, 3.05) is 6.61 Å². The summed E-state index contributed by atoms with van der Waals surface area (Å²) in [5, 5.41) is 3.43. The van der Waals surface area contributed by atoms with E-state index in [0.29, 0.717) is 6.61 Å². The molecule has 1 atom stereocenters. The summed E-state index contributed by atoms with van der Waals surface area (Å²) in [5.74, 6) is 1.78. The number of benzene rings is 1. The lowest BCUT2D eigenvalue weighted by Crippen LogP contribution is -2.19. The van der Waals surface area contributed by atoms with Crippen LogP contribution >= 0.6 is 31.9 Å². The molecule has 0 amide bonds. The fourth-order valence-electron chi connectivity index (χ4n) is 1.88. The quantitative estimate of drug-likeness (QED) is 0.761. The smallest absolute Gasteiger partial charge is 0.147 e. The van der Waals surface area contributed by atoms with Crippen molar-refractivity contribution in [2.24, 2.45) is 0 Å². The number of hydrogen-bond acceptors (Lipinski definition) is 3. The highest BCUT2D eigenvalue weighted by atomic mass is 79.9. The highest BCUT2D eigenvalue weighted by Gasteiger charge is 2.10. The standard InChI is InChI=1S/C14H17Br2N3O/c1-3-20-13-11(15)6-10(7-12(13)16)8-19-9(2)14-17-4-5-18-14/h4-7,9,19H,3,8H2,1-2H3,(H,17,18). The van der Waals surface area contributed by atoms with Crippen molar-refractivity contribution in [1.82, 2.24) is 15.3 Å². The largest absolute Gasteiger partial charge is 0.492 e. The summed E-state index contributed by atoms with van der Waals surface area (Å²) >= 11 is 7.09. The first-order chi connectivity index (χ1) is 9.61. The van der Waals surface area contributed by atoms with Crippen LogP contribution in [0.25, 0.3) is 0 Å². The van der Waals surface area contributed by atoms with Crippen LogP contribution in [0.1, 0.15) is 31.3 Å². The Morgan fingerprint density at radius 1 is 1.35 bits per heavy atom. The van der Waals surface area contributed by atoms with Crippen LogP contribution in [-0.2, 0) is 6.54 Å². The van der Waals surface area contributed by atoms with Gasteiger partial charge in [-0.2, -0.15) is 0 Å². The maximum absolute atomic E-state index is 5.58. The molecule has 0 bridgehead atoms. The molecule has 0 aliphatic rings. The van der Waals surface area contributed by atoms with E-state index in [1.807, 2.05) is 13.1 Å². The molecule has 6 heteroatoms. The zero-order valence-electron chi connectivity index (χ0n) is 11.4. The minimum absolute atomic E-state index is 0.175. The van der Waals surface area contributed by atoms with Gasteiger partial charge in [-0.15, -0.1) is 0 Å². The Kier molecular flexibility index (Phi) is 5.63. The van der Waals surface area contributed by atoms with Gasteiger partial charge >= 0.3 is 0 Å². The van der Waals surface area contributed by atoms with Gasteiger partial charge in [0.15, 0.2) is 0 Å². The summed E-state index contributed by atoms with van der Waals surface area (Å²) in [6.45, 7) is 5.45. The van der Waals surface area contributed by atoms with Gasteiger partial charge in [0.1, 0.15) is 11.6 Å². The van der Waals surface area contributed by atoms with Crippen molar-refractivity contribution >= 4 is 31.9 Å². The van der Waals surface area contributed by atoms with Gasteiger partial charge in [0.2, 0.25) is 0 Å². The van der Waals surface area contributed by atoms with Crippen LogP contribution in [0.2, 0.25) is 0 Å². The van der Waals surface area contributed by atoms with E-state index in [1.54, 1.807) is 6.20 Å². The fraction of sp³-hybridized carbons (Fsp3) is 0.357. The third kappa shape index (κ3) is 3.84. The number of rotatable bonds is 6. The van der Waals surface area contributed by atoms with Crippen molar-refractivity contribution in [2.45, 2.75) is 26.4 Å². The first-order valence-electron chi connectivity index (χ1n) is 6.45. The molecule has 1 heterocycles. The first-order valence-corrected chi connectivity index (χ1v) is 8.03. The van der Waals surface area contributed by atoms with Crippen LogP contribution < -0.4 is 10.1 Å². The summed E-state index contributed by atoms with van der Waals surface area (Å²) < 4.78 is 7.49. The number of aromatic amines is 1. The molecular formula is C14H17Br2N3O. The molecule has 20 heavy (non-hydrogen) atoms. The summed E-state index contributed by atoms with van der Waals surface area (Å²) in [6, 6.07) is 4.31. The number of hydrogen-bond donors (Lipinski definition) is 2. The zero-order valence-corrected chi connectivity index (χ0v) is 14.6. The Labute approximate surface area is 135 Å². The fourth-order valence-corrected chi connectivity index (χ4v) is 3.39. The highest BCUT2D eigenvalue weighted by molar-refractivity contribution is 9.11. The first kappa shape index (κ1) is 15.5. The van der Waals surface area contributed by atoms with Gasteiger partial charge in [0.05, 0.1) is 21.6 Å². The van der Waals surface area contributed by atoms with Crippen molar-refractivity contribution < 1.29 is 4.74 Å². The van der Waals surface area contributed by atoms with E-state index in [-0.39, 0.29) is 6.04 Å². The van der Waals surface area contributed by atoms with Crippen LogP contribution in [0, 0.1) is 0 Å². The Morgan fingerprint density at radius 2 is 2.05 bits per heavy atom. The predicted molar refractivity (Wildman–Crippen MR) is 86.9 cm³/mol. The van der Waals surface area contributed by atoms with Gasteiger partial charge in [0.25, 0.3) is 0 Å². The number of ether oxygens (including phenoxy) is 1. The third-order valence-corrected chi connectivity index (χ3v) is 4.07. The second-order valence-corrected chi connectivity index (χ2v) is 6.11. The van der Waals surface area contributed by atoms with E-state index >= 15 is 0 Å². The molecule has 108 valence electrons. The van der Waals surface area contributed by atoms with E-state index in [9.17, 15) is 0 Å². The molecule has 2 aromatic rings. The summed E-state index contributed by atoms with van der Waals surface area (Å²) in [4.78, 5) is 7.36. The molecule has 0 spiro atoms. The Hall–Kier alpha value is -0.850. The van der Waals surface area contributed by atoms with Crippen molar-refractivity contribution in [3.63, 3.8) is 0 Å². The molecule has 0 radical (unpaired) electrons. The van der Waals surface area contributed by atoms with Crippen molar-refractivity contribution in [1.29, 1.82) is 0 Å². The SMILES string of the molecule is CCOc1c(Br)cc(CNC(C)c2ncc[nH]2)cc1Br. The van der Waals surface area contributed by atoms with Gasteiger partial charge in [0, 0.05) is 18.9 Å². The summed E-state index contributed by atoms with van der Waals surface area (Å²) in [5.41, 5.74) is 1.17. The van der Waals surface area contributed by atoms with Crippen LogP contribution in [0.4, 0.5) is 0 Å². The van der Waals surface area contributed by atoms with Crippen LogP contribution in [-0.4, -0.2) is 16.6 Å². The number of nitrogens with zero attached hydrogens (tertiary/aromatic N) is 1. The third-order valence-electron chi connectivity index (χ3n) is 2.89. The molecule has 0 saturated carbocycles. The highest BCUT2D eigenvalue weighted by Crippen LogP contribution is 2.34. The summed E-state index contributed by atoms with van der Waals surface area (Å²) in [6.07, 6.45) is 3.59. The van der Waals surface area contributed by atoms with E-state index in [2.05, 4.69) is 66.2 Å². The van der Waals surface area contributed by atoms with E-state index in [0.717, 1.165) is 27.1 Å². The van der Waals surface area contributed by atoms with Crippen LogP contribution in [0.5, 0.6) is 5.75 Å². The molecular weight excluding hydrogens is 386 g/mol. The average molecular weight is 403 g/mol. The lowest BCUT2D eigenvalue weighted by molar-refractivity contribution is 0.336. The molecule has 0 fully saturated rings. The van der Waals surface area contributed by atoms with Gasteiger partial charge in [-0.05, 0) is 63.4 Å². The molecule has 2 N–H and O–H groups in total. The van der Waals surface area contributed by atoms with Crippen LogP contribution in [0.15, 0.2) is 33.5 Å². The lowest BCUT2D eigenvalue weighted by atomic mass is 10.2. The normalized spacial score (nSPS) is 12.4. The van der Waals surface area contributed by atoms with E-state index < -0.39 is 0 Å². The topological polar surface area (TPSA) is 49.9 Å². The Morgan fingerprint density at radius 3 is 2.60 bits per heavy atom. The van der Waals surface area contributed by atoms with Gasteiger partial charge in [-0.1, -0.05) is 0 Å². The minimum atomic E-state index is 0.175. The Bertz CT molecular complexity index is 535. The average Bonchev–Trinajstić information content (AvgIpc) is 2.94. The van der Waals surface area contributed by atoms with Crippen molar-refractivity contribution in [3.8, 4) is 5.75 Å². The molecule has 1 aromatic carbocycles. The van der Waals surface area contributed by atoms with Crippen molar-refractivity contribution in [3.05, 3.63) is 44.9 Å². The number of aromatic nitrogens is 2. The lowest BCUT2D eigenvalue weighted by Gasteiger charge is -2.14.